The zero-order valence-electron chi connectivity index (χ0n) is 8.86. The topological polar surface area (TPSA) is 29.5 Å². The Morgan fingerprint density at radius 3 is 2.43 bits per heavy atom. The smallest absolute Gasteiger partial charge is 0.0805 e. The lowest BCUT2D eigenvalue weighted by molar-refractivity contribution is 0.0435. The maximum atomic E-state index is 8.92. The molecule has 1 unspecified atom stereocenters. The highest BCUT2D eigenvalue weighted by Crippen LogP contribution is 2.08. The van der Waals surface area contributed by atoms with E-state index in [-0.39, 0.29) is 12.7 Å². The molecule has 0 saturated heterocycles. The summed E-state index contributed by atoms with van der Waals surface area (Å²) in [6, 6.07) is 8.46. The zero-order chi connectivity index (χ0) is 10.4. The average molecular weight is 194 g/mol. The highest BCUT2D eigenvalue weighted by atomic mass is 16.5. The molecule has 1 N–H and O–H groups in total. The number of rotatable bonds is 5. The van der Waals surface area contributed by atoms with Gasteiger partial charge in [-0.25, -0.2) is 0 Å². The fourth-order valence-corrected chi connectivity index (χ4v) is 1.37. The van der Waals surface area contributed by atoms with E-state index in [1.165, 1.54) is 11.1 Å². The fourth-order valence-electron chi connectivity index (χ4n) is 1.37. The van der Waals surface area contributed by atoms with Gasteiger partial charge in [-0.1, -0.05) is 29.8 Å². The van der Waals surface area contributed by atoms with E-state index < -0.39 is 0 Å². The molecule has 0 fully saturated rings. The molecule has 1 aromatic rings. The number of hydrogen-bond acceptors (Lipinski definition) is 2. The first kappa shape index (κ1) is 11.2. The molecular formula is C12H18O2. The summed E-state index contributed by atoms with van der Waals surface area (Å²) < 4.78 is 5.09. The Morgan fingerprint density at radius 2 is 1.93 bits per heavy atom. The third kappa shape index (κ3) is 3.48. The van der Waals surface area contributed by atoms with Gasteiger partial charge in [-0.3, -0.25) is 0 Å². The van der Waals surface area contributed by atoms with Crippen molar-refractivity contribution in [3.05, 3.63) is 35.4 Å². The van der Waals surface area contributed by atoms with Crippen molar-refractivity contribution in [2.24, 2.45) is 0 Å². The molecule has 0 spiro atoms. The van der Waals surface area contributed by atoms with E-state index in [4.69, 9.17) is 9.84 Å². The summed E-state index contributed by atoms with van der Waals surface area (Å²) in [5.74, 6) is 0. The molecule has 2 nitrogen and oxygen atoms in total. The number of ether oxygens (including phenoxy) is 1. The lowest BCUT2D eigenvalue weighted by atomic mass is 10.1. The van der Waals surface area contributed by atoms with Gasteiger partial charge in [-0.2, -0.15) is 0 Å². The maximum Gasteiger partial charge on any atom is 0.0805 e. The molecule has 1 atom stereocenters. The summed E-state index contributed by atoms with van der Waals surface area (Å²) in [5, 5.41) is 8.92. The van der Waals surface area contributed by atoms with Crippen molar-refractivity contribution in [1.29, 1.82) is 0 Å². The van der Waals surface area contributed by atoms with Gasteiger partial charge in [-0.05, 0) is 25.3 Å². The normalized spacial score (nSPS) is 12.8. The first-order valence-electron chi connectivity index (χ1n) is 4.95. The number of hydrogen-bond donors (Lipinski definition) is 1. The third-order valence-electron chi connectivity index (χ3n) is 2.41. The first-order valence-corrected chi connectivity index (χ1v) is 4.95. The third-order valence-corrected chi connectivity index (χ3v) is 2.41. The number of aryl methyl sites for hydroxylation is 2. The molecule has 0 radical (unpaired) electrons. The average Bonchev–Trinajstić information content (AvgIpc) is 2.22. The Balaban J connectivity index is 2.41. The van der Waals surface area contributed by atoms with E-state index in [1.54, 1.807) is 7.11 Å². The van der Waals surface area contributed by atoms with Crippen molar-refractivity contribution in [2.45, 2.75) is 25.9 Å². The number of aliphatic hydroxyl groups excluding tert-OH is 1. The quantitative estimate of drug-likeness (QED) is 0.776. The predicted molar refractivity (Wildman–Crippen MR) is 57.4 cm³/mol. The van der Waals surface area contributed by atoms with Crippen LogP contribution in [-0.2, 0) is 11.2 Å². The van der Waals surface area contributed by atoms with E-state index in [2.05, 4.69) is 31.2 Å². The number of methoxy groups -OCH3 is 1. The summed E-state index contributed by atoms with van der Waals surface area (Å²) in [6.07, 6.45) is 1.80. The lowest BCUT2D eigenvalue weighted by Crippen LogP contribution is -2.16. The number of benzene rings is 1. The molecule has 0 amide bonds. The van der Waals surface area contributed by atoms with Crippen molar-refractivity contribution >= 4 is 0 Å². The molecule has 0 heterocycles. The van der Waals surface area contributed by atoms with Crippen LogP contribution < -0.4 is 0 Å². The van der Waals surface area contributed by atoms with E-state index in [1.807, 2.05) is 0 Å². The van der Waals surface area contributed by atoms with Gasteiger partial charge in [0.15, 0.2) is 0 Å². The second kappa shape index (κ2) is 5.78. The van der Waals surface area contributed by atoms with Crippen molar-refractivity contribution in [1.82, 2.24) is 0 Å². The van der Waals surface area contributed by atoms with Crippen LogP contribution in [0.3, 0.4) is 0 Å². The summed E-state index contributed by atoms with van der Waals surface area (Å²) in [6.45, 7) is 2.18. The van der Waals surface area contributed by atoms with Crippen LogP contribution in [0.2, 0.25) is 0 Å². The Hall–Kier alpha value is -0.860. The summed E-state index contributed by atoms with van der Waals surface area (Å²) >= 11 is 0. The minimum absolute atomic E-state index is 0.0312. The second-order valence-electron chi connectivity index (χ2n) is 3.56. The highest BCUT2D eigenvalue weighted by molar-refractivity contribution is 5.21. The fraction of sp³-hybridized carbons (Fsp3) is 0.500. The SMILES string of the molecule is COC(CO)CCc1ccc(C)cc1. The van der Waals surface area contributed by atoms with E-state index in [0.717, 1.165) is 12.8 Å². The van der Waals surface area contributed by atoms with E-state index in [9.17, 15) is 0 Å². The lowest BCUT2D eigenvalue weighted by Gasteiger charge is -2.11. The second-order valence-corrected chi connectivity index (χ2v) is 3.56. The van der Waals surface area contributed by atoms with Crippen molar-refractivity contribution < 1.29 is 9.84 Å². The van der Waals surface area contributed by atoms with Gasteiger partial charge in [-0.15, -0.1) is 0 Å². The molecule has 0 bridgehead atoms. The van der Waals surface area contributed by atoms with Crippen LogP contribution in [0, 0.1) is 6.92 Å². The van der Waals surface area contributed by atoms with Crippen LogP contribution in [0.25, 0.3) is 0 Å². The van der Waals surface area contributed by atoms with Crippen molar-refractivity contribution in [3.8, 4) is 0 Å². The highest BCUT2D eigenvalue weighted by Gasteiger charge is 2.04. The van der Waals surface area contributed by atoms with Crippen LogP contribution in [-0.4, -0.2) is 24.9 Å². The van der Waals surface area contributed by atoms with Gasteiger partial charge < -0.3 is 9.84 Å². The van der Waals surface area contributed by atoms with Gasteiger partial charge in [0.1, 0.15) is 0 Å². The number of aliphatic hydroxyl groups is 1. The van der Waals surface area contributed by atoms with Crippen LogP contribution in [0.4, 0.5) is 0 Å². The van der Waals surface area contributed by atoms with Crippen LogP contribution in [0.15, 0.2) is 24.3 Å². The van der Waals surface area contributed by atoms with Gasteiger partial charge in [0.05, 0.1) is 12.7 Å². The van der Waals surface area contributed by atoms with Gasteiger partial charge >= 0.3 is 0 Å². The first-order chi connectivity index (χ1) is 6.76. The van der Waals surface area contributed by atoms with Gasteiger partial charge in [0.2, 0.25) is 0 Å². The van der Waals surface area contributed by atoms with Crippen LogP contribution in [0.5, 0.6) is 0 Å². The van der Waals surface area contributed by atoms with Crippen LogP contribution in [0.1, 0.15) is 17.5 Å². The van der Waals surface area contributed by atoms with Crippen LogP contribution >= 0.6 is 0 Å². The molecule has 1 rings (SSSR count). The zero-order valence-corrected chi connectivity index (χ0v) is 8.86. The molecule has 0 aliphatic carbocycles. The minimum atomic E-state index is -0.0312. The molecule has 0 aromatic heterocycles. The Labute approximate surface area is 85.5 Å². The largest absolute Gasteiger partial charge is 0.394 e. The van der Waals surface area contributed by atoms with Crippen molar-refractivity contribution in [3.63, 3.8) is 0 Å². The van der Waals surface area contributed by atoms with Crippen molar-refractivity contribution in [2.75, 3.05) is 13.7 Å². The molecule has 78 valence electrons. The summed E-state index contributed by atoms with van der Waals surface area (Å²) in [5.41, 5.74) is 2.57. The Morgan fingerprint density at radius 1 is 1.29 bits per heavy atom. The van der Waals surface area contributed by atoms with Gasteiger partial charge in [0.25, 0.3) is 0 Å². The van der Waals surface area contributed by atoms with Gasteiger partial charge in [0, 0.05) is 7.11 Å². The minimum Gasteiger partial charge on any atom is -0.394 e. The standard InChI is InChI=1S/C12H18O2/c1-10-3-5-11(6-4-10)7-8-12(9-13)14-2/h3-6,12-13H,7-9H2,1-2H3. The molecule has 0 aliphatic heterocycles. The monoisotopic (exact) mass is 194 g/mol. The molecule has 0 saturated carbocycles. The predicted octanol–water partition coefficient (Wildman–Crippen LogP) is 1.93. The van der Waals surface area contributed by atoms with E-state index in [0.29, 0.717) is 0 Å². The Bertz CT molecular complexity index is 250. The molecule has 0 aliphatic rings. The summed E-state index contributed by atoms with van der Waals surface area (Å²) in [4.78, 5) is 0. The molecular weight excluding hydrogens is 176 g/mol. The maximum absolute atomic E-state index is 8.92. The molecule has 1 aromatic carbocycles. The summed E-state index contributed by atoms with van der Waals surface area (Å²) in [7, 11) is 1.63. The molecule has 14 heavy (non-hydrogen) atoms. The van der Waals surface area contributed by atoms with E-state index >= 15 is 0 Å². The molecule has 2 heteroatoms. The Kier molecular flexibility index (Phi) is 4.63.